The minimum Gasteiger partial charge on any atom is -0.459 e. The number of carbonyl (C=O) groups excluding carboxylic acids is 1. The van der Waals surface area contributed by atoms with Crippen LogP contribution < -0.4 is 0 Å². The normalized spacial score (nSPS) is 26.6. The van der Waals surface area contributed by atoms with Crippen LogP contribution in [0.25, 0.3) is 0 Å². The lowest BCUT2D eigenvalue weighted by Crippen LogP contribution is -2.36. The molecule has 0 spiro atoms. The molecule has 1 aromatic carbocycles. The SMILES string of the molecule is CC(C)[C@@H]1CO[C@@H](C(=O)OCc2ccccc2)[C@@H]1O. The number of rotatable bonds is 4. The van der Waals surface area contributed by atoms with Crippen molar-refractivity contribution in [3.63, 3.8) is 0 Å². The molecule has 0 saturated carbocycles. The summed E-state index contributed by atoms with van der Waals surface area (Å²) in [5.41, 5.74) is 0.920. The summed E-state index contributed by atoms with van der Waals surface area (Å²) in [6.45, 7) is 4.63. The molecule has 1 aromatic rings. The first-order valence-electron chi connectivity index (χ1n) is 6.60. The van der Waals surface area contributed by atoms with Crippen LogP contribution in [0.5, 0.6) is 0 Å². The summed E-state index contributed by atoms with van der Waals surface area (Å²) in [5, 5.41) is 10.1. The van der Waals surface area contributed by atoms with Gasteiger partial charge in [-0.15, -0.1) is 0 Å². The zero-order chi connectivity index (χ0) is 13.8. The lowest BCUT2D eigenvalue weighted by molar-refractivity contribution is -0.159. The van der Waals surface area contributed by atoms with Gasteiger partial charge in [-0.25, -0.2) is 4.79 Å². The molecular formula is C15H20O4. The van der Waals surface area contributed by atoms with Gasteiger partial charge in [-0.05, 0) is 11.5 Å². The van der Waals surface area contributed by atoms with Crippen LogP contribution in [0.2, 0.25) is 0 Å². The molecule has 19 heavy (non-hydrogen) atoms. The Morgan fingerprint density at radius 1 is 1.42 bits per heavy atom. The van der Waals surface area contributed by atoms with Crippen molar-refractivity contribution in [2.75, 3.05) is 6.61 Å². The number of aliphatic hydroxyl groups excluding tert-OH is 1. The molecular weight excluding hydrogens is 244 g/mol. The molecule has 0 aromatic heterocycles. The average Bonchev–Trinajstić information content (AvgIpc) is 2.79. The molecule has 1 fully saturated rings. The van der Waals surface area contributed by atoms with Crippen LogP contribution in [-0.4, -0.2) is 29.9 Å². The van der Waals surface area contributed by atoms with E-state index in [1.165, 1.54) is 0 Å². The van der Waals surface area contributed by atoms with Crippen molar-refractivity contribution in [2.45, 2.75) is 32.7 Å². The zero-order valence-corrected chi connectivity index (χ0v) is 11.3. The smallest absolute Gasteiger partial charge is 0.338 e. The maximum Gasteiger partial charge on any atom is 0.338 e. The van der Waals surface area contributed by atoms with E-state index in [1.807, 2.05) is 44.2 Å². The number of hydrogen-bond acceptors (Lipinski definition) is 4. The molecule has 0 unspecified atom stereocenters. The van der Waals surface area contributed by atoms with E-state index in [9.17, 15) is 9.90 Å². The van der Waals surface area contributed by atoms with E-state index in [0.717, 1.165) is 5.56 Å². The van der Waals surface area contributed by atoms with Crippen molar-refractivity contribution in [1.82, 2.24) is 0 Å². The summed E-state index contributed by atoms with van der Waals surface area (Å²) in [5.74, 6) is -0.212. The molecule has 1 aliphatic heterocycles. The fourth-order valence-electron chi connectivity index (χ4n) is 2.24. The Hall–Kier alpha value is -1.39. The van der Waals surface area contributed by atoms with Gasteiger partial charge in [-0.3, -0.25) is 0 Å². The van der Waals surface area contributed by atoms with Crippen LogP contribution in [0.4, 0.5) is 0 Å². The second-order valence-corrected chi connectivity index (χ2v) is 5.25. The van der Waals surface area contributed by atoms with Gasteiger partial charge in [-0.1, -0.05) is 44.2 Å². The van der Waals surface area contributed by atoms with E-state index in [2.05, 4.69) is 0 Å². The van der Waals surface area contributed by atoms with Gasteiger partial charge in [0, 0.05) is 5.92 Å². The highest BCUT2D eigenvalue weighted by atomic mass is 16.6. The fraction of sp³-hybridized carbons (Fsp3) is 0.533. The van der Waals surface area contributed by atoms with Crippen LogP contribution >= 0.6 is 0 Å². The molecule has 4 heteroatoms. The molecule has 1 aliphatic rings. The standard InChI is InChI=1S/C15H20O4/c1-10(2)12-9-18-14(13(12)16)15(17)19-8-11-6-4-3-5-7-11/h3-7,10,12-14,16H,8-9H2,1-2H3/t12-,13+,14+/m0/s1. The van der Waals surface area contributed by atoms with E-state index in [1.54, 1.807) is 0 Å². The molecule has 0 aliphatic carbocycles. The van der Waals surface area contributed by atoms with Crippen molar-refractivity contribution in [3.05, 3.63) is 35.9 Å². The minimum atomic E-state index is -0.851. The fourth-order valence-corrected chi connectivity index (χ4v) is 2.24. The molecule has 1 heterocycles. The highest BCUT2D eigenvalue weighted by molar-refractivity contribution is 5.75. The van der Waals surface area contributed by atoms with Gasteiger partial charge >= 0.3 is 5.97 Å². The Bertz CT molecular complexity index is 415. The van der Waals surface area contributed by atoms with Gasteiger partial charge in [-0.2, -0.15) is 0 Å². The molecule has 4 nitrogen and oxygen atoms in total. The van der Waals surface area contributed by atoms with Gasteiger partial charge in [0.2, 0.25) is 0 Å². The van der Waals surface area contributed by atoms with E-state index in [0.29, 0.717) is 6.61 Å². The average molecular weight is 264 g/mol. The maximum atomic E-state index is 11.9. The number of ether oxygens (including phenoxy) is 2. The molecule has 1 N–H and O–H groups in total. The quantitative estimate of drug-likeness (QED) is 0.842. The highest BCUT2D eigenvalue weighted by Gasteiger charge is 2.42. The lowest BCUT2D eigenvalue weighted by Gasteiger charge is -2.19. The molecule has 0 radical (unpaired) electrons. The van der Waals surface area contributed by atoms with Crippen molar-refractivity contribution in [3.8, 4) is 0 Å². The van der Waals surface area contributed by atoms with Gasteiger partial charge in [0.15, 0.2) is 6.10 Å². The highest BCUT2D eigenvalue weighted by Crippen LogP contribution is 2.27. The molecule has 0 bridgehead atoms. The topological polar surface area (TPSA) is 55.8 Å². The van der Waals surface area contributed by atoms with Crippen molar-refractivity contribution in [1.29, 1.82) is 0 Å². The molecule has 2 rings (SSSR count). The van der Waals surface area contributed by atoms with Crippen LogP contribution in [0.15, 0.2) is 30.3 Å². The second-order valence-electron chi connectivity index (χ2n) is 5.25. The third-order valence-electron chi connectivity index (χ3n) is 3.53. The predicted molar refractivity (Wildman–Crippen MR) is 70.3 cm³/mol. The van der Waals surface area contributed by atoms with Crippen LogP contribution in [0.3, 0.4) is 0 Å². The van der Waals surface area contributed by atoms with Crippen LogP contribution in [0, 0.1) is 11.8 Å². The second kappa shape index (κ2) is 6.17. The summed E-state index contributed by atoms with van der Waals surface area (Å²) in [6.07, 6.45) is -1.63. The molecule has 104 valence electrons. The molecule has 1 saturated heterocycles. The third kappa shape index (κ3) is 3.33. The molecule has 3 atom stereocenters. The van der Waals surface area contributed by atoms with Gasteiger partial charge in [0.05, 0.1) is 12.7 Å². The van der Waals surface area contributed by atoms with E-state index < -0.39 is 18.2 Å². The predicted octanol–water partition coefficient (Wildman–Crippen LogP) is 1.76. The minimum absolute atomic E-state index is 0.00530. The Morgan fingerprint density at radius 3 is 2.68 bits per heavy atom. The monoisotopic (exact) mass is 264 g/mol. The number of benzene rings is 1. The Morgan fingerprint density at radius 2 is 2.11 bits per heavy atom. The van der Waals surface area contributed by atoms with Crippen LogP contribution in [-0.2, 0) is 20.9 Å². The van der Waals surface area contributed by atoms with E-state index in [4.69, 9.17) is 9.47 Å². The first-order chi connectivity index (χ1) is 9.09. The Labute approximate surface area is 113 Å². The maximum absolute atomic E-state index is 11.9. The van der Waals surface area contributed by atoms with Gasteiger partial charge < -0.3 is 14.6 Å². The summed E-state index contributed by atoms with van der Waals surface area (Å²) >= 11 is 0. The summed E-state index contributed by atoms with van der Waals surface area (Å²) < 4.78 is 10.6. The number of aliphatic hydroxyl groups is 1. The van der Waals surface area contributed by atoms with Crippen LogP contribution in [0.1, 0.15) is 19.4 Å². The number of carbonyl (C=O) groups is 1. The summed E-state index contributed by atoms with van der Waals surface area (Å²) in [7, 11) is 0. The van der Waals surface area contributed by atoms with Crippen molar-refractivity contribution >= 4 is 5.97 Å². The van der Waals surface area contributed by atoms with Gasteiger partial charge in [0.25, 0.3) is 0 Å². The Kier molecular flexibility index (Phi) is 4.56. The largest absolute Gasteiger partial charge is 0.459 e. The first kappa shape index (κ1) is 14.0. The summed E-state index contributed by atoms with van der Waals surface area (Å²) in [4.78, 5) is 11.9. The lowest BCUT2D eigenvalue weighted by atomic mass is 9.91. The van der Waals surface area contributed by atoms with E-state index >= 15 is 0 Å². The summed E-state index contributed by atoms with van der Waals surface area (Å²) in [6, 6.07) is 9.45. The van der Waals surface area contributed by atoms with E-state index in [-0.39, 0.29) is 18.4 Å². The van der Waals surface area contributed by atoms with Crippen molar-refractivity contribution in [2.24, 2.45) is 11.8 Å². The number of esters is 1. The third-order valence-corrected chi connectivity index (χ3v) is 3.53. The van der Waals surface area contributed by atoms with Crippen molar-refractivity contribution < 1.29 is 19.4 Å². The molecule has 0 amide bonds. The van der Waals surface area contributed by atoms with Gasteiger partial charge in [0.1, 0.15) is 6.61 Å². The number of hydrogen-bond donors (Lipinski definition) is 1. The Balaban J connectivity index is 1.87. The zero-order valence-electron chi connectivity index (χ0n) is 11.3. The first-order valence-corrected chi connectivity index (χ1v) is 6.60.